The predicted octanol–water partition coefficient (Wildman–Crippen LogP) is 2.00. The Morgan fingerprint density at radius 1 is 1.29 bits per heavy atom. The zero-order valence-electron chi connectivity index (χ0n) is 12.1. The summed E-state index contributed by atoms with van der Waals surface area (Å²) in [7, 11) is 0. The Balaban J connectivity index is 1.68. The zero-order valence-corrected chi connectivity index (χ0v) is 12.9. The fourth-order valence-electron chi connectivity index (χ4n) is 2.54. The fraction of sp³-hybridized carbons (Fsp3) is 0.600. The number of anilines is 1. The SMILES string of the molecule is Cc1cc(NC(=O)C2CC2)sc1C(=O)N1CCC(O)CC1. The second kappa shape index (κ2) is 5.77. The highest BCUT2D eigenvalue weighted by atomic mass is 32.1. The van der Waals surface area contributed by atoms with Gasteiger partial charge in [-0.25, -0.2) is 0 Å². The number of piperidine rings is 1. The minimum Gasteiger partial charge on any atom is -0.393 e. The van der Waals surface area contributed by atoms with Crippen molar-refractivity contribution < 1.29 is 14.7 Å². The first-order valence-corrected chi connectivity index (χ1v) is 8.25. The van der Waals surface area contributed by atoms with Crippen molar-refractivity contribution in [3.05, 3.63) is 16.5 Å². The molecule has 21 heavy (non-hydrogen) atoms. The number of aliphatic hydroxyl groups excluding tert-OH is 1. The molecule has 5 nitrogen and oxygen atoms in total. The van der Waals surface area contributed by atoms with E-state index in [1.807, 2.05) is 13.0 Å². The van der Waals surface area contributed by atoms with Gasteiger partial charge < -0.3 is 15.3 Å². The van der Waals surface area contributed by atoms with Gasteiger partial charge in [0, 0.05) is 19.0 Å². The number of aliphatic hydroxyl groups is 1. The number of aryl methyl sites for hydroxylation is 1. The van der Waals surface area contributed by atoms with Crippen LogP contribution in [0.15, 0.2) is 6.07 Å². The number of hydrogen-bond acceptors (Lipinski definition) is 4. The Bertz CT molecular complexity index is 557. The van der Waals surface area contributed by atoms with Crippen molar-refractivity contribution in [2.75, 3.05) is 18.4 Å². The summed E-state index contributed by atoms with van der Waals surface area (Å²) < 4.78 is 0. The zero-order chi connectivity index (χ0) is 15.0. The van der Waals surface area contributed by atoms with E-state index >= 15 is 0 Å². The molecule has 0 spiro atoms. The highest BCUT2D eigenvalue weighted by Crippen LogP contribution is 2.33. The maximum Gasteiger partial charge on any atom is 0.264 e. The molecule has 0 aromatic carbocycles. The van der Waals surface area contributed by atoms with E-state index in [0.717, 1.165) is 23.4 Å². The number of carbonyl (C=O) groups excluding carboxylic acids is 2. The van der Waals surface area contributed by atoms with Gasteiger partial charge in [-0.05, 0) is 44.2 Å². The average molecular weight is 308 g/mol. The molecule has 2 N–H and O–H groups in total. The van der Waals surface area contributed by atoms with Crippen molar-refractivity contribution in [1.29, 1.82) is 0 Å². The van der Waals surface area contributed by atoms with Crippen LogP contribution < -0.4 is 5.32 Å². The summed E-state index contributed by atoms with van der Waals surface area (Å²) in [4.78, 5) is 26.8. The van der Waals surface area contributed by atoms with Crippen LogP contribution >= 0.6 is 11.3 Å². The van der Waals surface area contributed by atoms with Gasteiger partial charge in [-0.15, -0.1) is 11.3 Å². The Hall–Kier alpha value is -1.40. The Morgan fingerprint density at radius 3 is 2.57 bits per heavy atom. The highest BCUT2D eigenvalue weighted by Gasteiger charge is 2.30. The summed E-state index contributed by atoms with van der Waals surface area (Å²) in [5.41, 5.74) is 0.905. The van der Waals surface area contributed by atoms with E-state index in [2.05, 4.69) is 5.32 Å². The monoisotopic (exact) mass is 308 g/mol. The first kappa shape index (κ1) is 14.5. The summed E-state index contributed by atoms with van der Waals surface area (Å²) in [6.45, 7) is 3.09. The molecule has 1 aliphatic carbocycles. The quantitative estimate of drug-likeness (QED) is 0.897. The molecule has 0 bridgehead atoms. The standard InChI is InChI=1S/C15H20N2O3S/c1-9-8-12(16-14(19)10-2-3-10)21-13(9)15(20)17-6-4-11(18)5-7-17/h8,10-11,18H,2-7H2,1H3,(H,16,19). The number of carbonyl (C=O) groups is 2. The van der Waals surface area contributed by atoms with Crippen LogP contribution in [0.4, 0.5) is 5.00 Å². The number of nitrogens with zero attached hydrogens (tertiary/aromatic N) is 1. The minimum atomic E-state index is -0.285. The number of hydrogen-bond donors (Lipinski definition) is 2. The lowest BCUT2D eigenvalue weighted by Crippen LogP contribution is -2.39. The third-order valence-electron chi connectivity index (χ3n) is 4.06. The molecule has 2 heterocycles. The Morgan fingerprint density at radius 2 is 1.95 bits per heavy atom. The molecule has 6 heteroatoms. The van der Waals surface area contributed by atoms with Gasteiger partial charge in [0.2, 0.25) is 5.91 Å². The molecule has 0 atom stereocenters. The molecule has 1 saturated carbocycles. The van der Waals surface area contributed by atoms with Crippen molar-refractivity contribution in [3.8, 4) is 0 Å². The maximum absolute atomic E-state index is 12.5. The van der Waals surface area contributed by atoms with Crippen LogP contribution in [0.3, 0.4) is 0 Å². The normalized spacial score (nSPS) is 19.6. The molecule has 1 aliphatic heterocycles. The van der Waals surface area contributed by atoms with Crippen molar-refractivity contribution in [3.63, 3.8) is 0 Å². The van der Waals surface area contributed by atoms with Gasteiger partial charge in [0.05, 0.1) is 16.0 Å². The summed E-state index contributed by atoms with van der Waals surface area (Å²) in [5.74, 6) is 0.239. The second-order valence-electron chi connectivity index (χ2n) is 5.91. The molecule has 2 aliphatic rings. The van der Waals surface area contributed by atoms with Crippen LogP contribution in [0.25, 0.3) is 0 Å². The fourth-order valence-corrected chi connectivity index (χ4v) is 3.58. The van der Waals surface area contributed by atoms with Gasteiger partial charge in [0.25, 0.3) is 5.91 Å². The summed E-state index contributed by atoms with van der Waals surface area (Å²) in [5, 5.41) is 13.2. The first-order chi connectivity index (χ1) is 10.0. The van der Waals surface area contributed by atoms with Crippen LogP contribution in [0.1, 0.15) is 40.9 Å². The summed E-state index contributed by atoms with van der Waals surface area (Å²) in [6.07, 6.45) is 2.94. The molecule has 2 amide bonds. The van der Waals surface area contributed by atoms with E-state index in [1.165, 1.54) is 11.3 Å². The molecule has 2 fully saturated rings. The van der Waals surface area contributed by atoms with Gasteiger partial charge in [0.15, 0.2) is 0 Å². The molecule has 1 saturated heterocycles. The van der Waals surface area contributed by atoms with Crippen LogP contribution in [-0.4, -0.2) is 41.0 Å². The lowest BCUT2D eigenvalue weighted by molar-refractivity contribution is -0.117. The van der Waals surface area contributed by atoms with E-state index < -0.39 is 0 Å². The largest absolute Gasteiger partial charge is 0.393 e. The number of likely N-dealkylation sites (tertiary alicyclic amines) is 1. The van der Waals surface area contributed by atoms with E-state index in [4.69, 9.17) is 0 Å². The lowest BCUT2D eigenvalue weighted by Gasteiger charge is -2.29. The van der Waals surface area contributed by atoms with Crippen LogP contribution in [-0.2, 0) is 4.79 Å². The molecule has 1 aromatic heterocycles. The Labute approximate surface area is 128 Å². The van der Waals surface area contributed by atoms with Gasteiger partial charge in [-0.2, -0.15) is 0 Å². The highest BCUT2D eigenvalue weighted by molar-refractivity contribution is 7.18. The number of nitrogens with one attached hydrogen (secondary N) is 1. The van der Waals surface area contributed by atoms with E-state index in [0.29, 0.717) is 30.8 Å². The summed E-state index contributed by atoms with van der Waals surface area (Å²) in [6, 6.07) is 1.87. The van der Waals surface area contributed by atoms with E-state index in [1.54, 1.807) is 4.90 Å². The van der Waals surface area contributed by atoms with Crippen molar-refractivity contribution >= 4 is 28.2 Å². The number of amides is 2. The van der Waals surface area contributed by atoms with Crippen LogP contribution in [0.5, 0.6) is 0 Å². The lowest BCUT2D eigenvalue weighted by atomic mass is 10.1. The average Bonchev–Trinajstić information content (AvgIpc) is 3.24. The Kier molecular flexibility index (Phi) is 3.99. The molecule has 0 radical (unpaired) electrons. The van der Waals surface area contributed by atoms with Gasteiger partial charge in [-0.1, -0.05) is 0 Å². The summed E-state index contributed by atoms with van der Waals surface area (Å²) >= 11 is 1.35. The molecule has 114 valence electrons. The van der Waals surface area contributed by atoms with Crippen LogP contribution in [0, 0.1) is 12.8 Å². The van der Waals surface area contributed by atoms with E-state index in [9.17, 15) is 14.7 Å². The molecule has 3 rings (SSSR count). The molecule has 0 unspecified atom stereocenters. The number of rotatable bonds is 3. The van der Waals surface area contributed by atoms with Crippen LogP contribution in [0.2, 0.25) is 0 Å². The molecular formula is C15H20N2O3S. The maximum atomic E-state index is 12.5. The topological polar surface area (TPSA) is 69.6 Å². The van der Waals surface area contributed by atoms with Crippen molar-refractivity contribution in [1.82, 2.24) is 4.90 Å². The van der Waals surface area contributed by atoms with Crippen molar-refractivity contribution in [2.24, 2.45) is 5.92 Å². The second-order valence-corrected chi connectivity index (χ2v) is 6.96. The van der Waals surface area contributed by atoms with Gasteiger partial charge in [0.1, 0.15) is 0 Å². The van der Waals surface area contributed by atoms with Crippen molar-refractivity contribution in [2.45, 2.75) is 38.7 Å². The van der Waals surface area contributed by atoms with Gasteiger partial charge >= 0.3 is 0 Å². The third-order valence-corrected chi connectivity index (χ3v) is 5.20. The van der Waals surface area contributed by atoms with E-state index in [-0.39, 0.29) is 23.8 Å². The molecule has 1 aromatic rings. The third kappa shape index (κ3) is 3.27. The molecular weight excluding hydrogens is 288 g/mol. The number of thiophene rings is 1. The van der Waals surface area contributed by atoms with Gasteiger partial charge in [-0.3, -0.25) is 9.59 Å². The first-order valence-electron chi connectivity index (χ1n) is 7.43. The minimum absolute atomic E-state index is 0.0105. The smallest absolute Gasteiger partial charge is 0.264 e. The predicted molar refractivity (Wildman–Crippen MR) is 81.6 cm³/mol.